The van der Waals surface area contributed by atoms with Gasteiger partial charge >= 0.3 is 5.97 Å². The molecule has 21 heavy (non-hydrogen) atoms. The molecule has 3 saturated heterocycles. The Bertz CT molecular complexity index is 618. The Morgan fingerprint density at radius 3 is 2.67 bits per heavy atom. The van der Waals surface area contributed by atoms with Crippen LogP contribution >= 0.6 is 0 Å². The third kappa shape index (κ3) is 2.01. The van der Waals surface area contributed by atoms with Gasteiger partial charge in [0, 0.05) is 12.5 Å². The summed E-state index contributed by atoms with van der Waals surface area (Å²) in [5, 5.41) is 9.31. The van der Waals surface area contributed by atoms with Crippen LogP contribution in [0.5, 0.6) is 0 Å². The van der Waals surface area contributed by atoms with Crippen molar-refractivity contribution < 1.29 is 32.1 Å². The van der Waals surface area contributed by atoms with E-state index in [1.165, 1.54) is 4.90 Å². The van der Waals surface area contributed by atoms with E-state index in [2.05, 4.69) is 0 Å². The minimum Gasteiger partial charge on any atom is -0.480 e. The summed E-state index contributed by atoms with van der Waals surface area (Å²) in [5.41, 5.74) is 0. The Labute approximate surface area is 120 Å². The van der Waals surface area contributed by atoms with Crippen LogP contribution in [0, 0.1) is 5.92 Å². The number of hydrogen-bond acceptors (Lipinski definition) is 6. The molecule has 0 bridgehead atoms. The monoisotopic (exact) mass is 318 g/mol. The standard InChI is InChI=1S/C11H14N2O7S/c1-21(18,19)20-6-2-5-3-12(4-14)9-7(5)13(10(9)15)8(6)11(16)17/h4-9H,2-3H2,1H3,(H,16,17)/t5-,6?,7-,8?,9+/m1/s1. The van der Waals surface area contributed by atoms with E-state index in [-0.39, 0.29) is 18.4 Å². The molecule has 0 aromatic rings. The van der Waals surface area contributed by atoms with Crippen molar-refractivity contribution in [1.82, 2.24) is 9.80 Å². The van der Waals surface area contributed by atoms with Crippen molar-refractivity contribution >= 4 is 28.4 Å². The van der Waals surface area contributed by atoms with Gasteiger partial charge in [-0.1, -0.05) is 0 Å². The van der Waals surface area contributed by atoms with Crippen molar-refractivity contribution in [2.75, 3.05) is 12.8 Å². The van der Waals surface area contributed by atoms with Crippen molar-refractivity contribution in [2.24, 2.45) is 5.92 Å². The van der Waals surface area contributed by atoms with Gasteiger partial charge in [-0.15, -0.1) is 0 Å². The summed E-state index contributed by atoms with van der Waals surface area (Å²) in [4.78, 5) is 37.0. The second-order valence-corrected chi connectivity index (χ2v) is 7.20. The lowest BCUT2D eigenvalue weighted by Crippen LogP contribution is -2.75. The minimum atomic E-state index is -3.85. The van der Waals surface area contributed by atoms with E-state index in [0.717, 1.165) is 11.2 Å². The Hall–Kier alpha value is -1.68. The van der Waals surface area contributed by atoms with Gasteiger partial charge in [-0.05, 0) is 6.42 Å². The summed E-state index contributed by atoms with van der Waals surface area (Å²) in [7, 11) is -3.85. The highest BCUT2D eigenvalue weighted by molar-refractivity contribution is 7.86. The first-order valence-corrected chi connectivity index (χ1v) is 8.20. The molecule has 1 N–H and O–H groups in total. The molecule has 0 aromatic heterocycles. The fraction of sp³-hybridized carbons (Fsp3) is 0.727. The highest BCUT2D eigenvalue weighted by Gasteiger charge is 2.66. The van der Waals surface area contributed by atoms with Gasteiger partial charge in [0.2, 0.25) is 12.3 Å². The predicted octanol–water partition coefficient (Wildman–Crippen LogP) is -2.14. The van der Waals surface area contributed by atoms with Crippen molar-refractivity contribution in [3.05, 3.63) is 0 Å². The molecule has 0 aliphatic carbocycles. The summed E-state index contributed by atoms with van der Waals surface area (Å²) < 4.78 is 27.5. The molecule has 3 rings (SSSR count). The lowest BCUT2D eigenvalue weighted by molar-refractivity contribution is -0.180. The van der Waals surface area contributed by atoms with Crippen LogP contribution in [0.1, 0.15) is 6.42 Å². The molecule has 5 atom stereocenters. The molecule has 0 aromatic carbocycles. The summed E-state index contributed by atoms with van der Waals surface area (Å²) in [6, 6.07) is -2.31. The van der Waals surface area contributed by atoms with E-state index in [1.54, 1.807) is 0 Å². The molecule has 0 radical (unpaired) electrons. The van der Waals surface area contributed by atoms with Crippen LogP contribution in [0.4, 0.5) is 0 Å². The fourth-order valence-electron chi connectivity index (χ4n) is 3.68. The molecule has 9 nitrogen and oxygen atoms in total. The maximum atomic E-state index is 12.1. The number of rotatable bonds is 4. The molecule has 0 spiro atoms. The number of carbonyl (C=O) groups excluding carboxylic acids is 2. The van der Waals surface area contributed by atoms with E-state index in [1.807, 2.05) is 0 Å². The van der Waals surface area contributed by atoms with Gasteiger partial charge in [0.15, 0.2) is 6.04 Å². The number of carboxylic acids is 1. The van der Waals surface area contributed by atoms with E-state index in [9.17, 15) is 27.9 Å². The van der Waals surface area contributed by atoms with E-state index >= 15 is 0 Å². The fourth-order valence-corrected chi connectivity index (χ4v) is 4.31. The summed E-state index contributed by atoms with van der Waals surface area (Å²) in [6.07, 6.45) is 0.459. The predicted molar refractivity (Wildman–Crippen MR) is 66.4 cm³/mol. The Morgan fingerprint density at radius 1 is 1.48 bits per heavy atom. The molecular formula is C11H14N2O7S. The largest absolute Gasteiger partial charge is 0.480 e. The van der Waals surface area contributed by atoms with Gasteiger partial charge < -0.3 is 14.9 Å². The maximum absolute atomic E-state index is 12.1. The quantitative estimate of drug-likeness (QED) is 0.356. The normalized spacial score (nSPS) is 38.0. The summed E-state index contributed by atoms with van der Waals surface area (Å²) >= 11 is 0. The molecule has 2 unspecified atom stereocenters. The molecule has 3 aliphatic heterocycles. The highest BCUT2D eigenvalue weighted by atomic mass is 32.2. The van der Waals surface area contributed by atoms with Crippen molar-refractivity contribution in [2.45, 2.75) is 30.7 Å². The smallest absolute Gasteiger partial charge is 0.329 e. The van der Waals surface area contributed by atoms with E-state index in [0.29, 0.717) is 13.0 Å². The van der Waals surface area contributed by atoms with Gasteiger partial charge in [0.05, 0.1) is 12.3 Å². The number of carbonyl (C=O) groups is 3. The topological polar surface area (TPSA) is 121 Å². The van der Waals surface area contributed by atoms with E-state index < -0.39 is 40.2 Å². The number of nitrogens with zero attached hydrogens (tertiary/aromatic N) is 2. The lowest BCUT2D eigenvalue weighted by atomic mass is 9.77. The maximum Gasteiger partial charge on any atom is 0.329 e. The number of amides is 2. The van der Waals surface area contributed by atoms with Crippen LogP contribution in [0.2, 0.25) is 0 Å². The molecule has 10 heteroatoms. The molecule has 0 saturated carbocycles. The second kappa shape index (κ2) is 4.41. The minimum absolute atomic E-state index is 0.166. The number of hydrogen-bond donors (Lipinski definition) is 1. The van der Waals surface area contributed by atoms with Gasteiger partial charge in [-0.25, -0.2) is 4.79 Å². The average Bonchev–Trinajstić information content (AvgIpc) is 2.70. The van der Waals surface area contributed by atoms with Crippen LogP contribution in [-0.2, 0) is 28.7 Å². The molecular weight excluding hydrogens is 304 g/mol. The molecule has 3 aliphatic rings. The first-order valence-electron chi connectivity index (χ1n) is 6.39. The summed E-state index contributed by atoms with van der Waals surface area (Å²) in [5.74, 6) is -1.94. The van der Waals surface area contributed by atoms with Crippen LogP contribution in [0.15, 0.2) is 0 Å². The molecule has 3 fully saturated rings. The zero-order valence-electron chi connectivity index (χ0n) is 11.1. The van der Waals surface area contributed by atoms with E-state index in [4.69, 9.17) is 4.18 Å². The van der Waals surface area contributed by atoms with Crippen LogP contribution in [0.3, 0.4) is 0 Å². The Kier molecular flexibility index (Phi) is 2.99. The second-order valence-electron chi connectivity index (χ2n) is 5.60. The molecule has 2 amide bonds. The highest BCUT2D eigenvalue weighted by Crippen LogP contribution is 2.45. The number of likely N-dealkylation sites (tertiary alicyclic amines) is 1. The number of β-lactam (4-membered cyclic amide) rings is 1. The van der Waals surface area contributed by atoms with Gasteiger partial charge in [0.1, 0.15) is 12.1 Å². The Morgan fingerprint density at radius 2 is 2.14 bits per heavy atom. The number of carboxylic acid groups (broad SMARTS) is 1. The van der Waals surface area contributed by atoms with Crippen molar-refractivity contribution in [3.63, 3.8) is 0 Å². The van der Waals surface area contributed by atoms with Crippen LogP contribution < -0.4 is 0 Å². The third-order valence-electron chi connectivity index (χ3n) is 4.31. The SMILES string of the molecule is CS(=O)(=O)OC1C[C@@H]2CN(C=O)[C@@H]3C(=O)N(C1C(=O)O)[C@H]23. The van der Waals surface area contributed by atoms with Crippen LogP contribution in [0.25, 0.3) is 0 Å². The van der Waals surface area contributed by atoms with Gasteiger partial charge in [-0.2, -0.15) is 8.42 Å². The van der Waals surface area contributed by atoms with Gasteiger partial charge in [0.25, 0.3) is 10.1 Å². The number of piperidine rings is 1. The van der Waals surface area contributed by atoms with Gasteiger partial charge in [-0.3, -0.25) is 13.8 Å². The first kappa shape index (κ1) is 14.3. The zero-order chi connectivity index (χ0) is 15.5. The zero-order valence-corrected chi connectivity index (χ0v) is 11.9. The molecule has 116 valence electrons. The lowest BCUT2D eigenvalue weighted by Gasteiger charge is -2.53. The van der Waals surface area contributed by atoms with Crippen molar-refractivity contribution in [3.8, 4) is 0 Å². The first-order chi connectivity index (χ1) is 9.74. The van der Waals surface area contributed by atoms with Crippen LogP contribution in [-0.4, -0.2) is 78.6 Å². The molecule has 3 heterocycles. The average molecular weight is 318 g/mol. The summed E-state index contributed by atoms with van der Waals surface area (Å²) in [6.45, 7) is 0.303. The van der Waals surface area contributed by atoms with Crippen molar-refractivity contribution in [1.29, 1.82) is 0 Å². The Balaban J connectivity index is 1.93. The number of aliphatic carboxylic acids is 1. The third-order valence-corrected chi connectivity index (χ3v) is 4.91.